The van der Waals surface area contributed by atoms with E-state index in [9.17, 15) is 18.1 Å². The van der Waals surface area contributed by atoms with Gasteiger partial charge < -0.3 is 13.8 Å². The number of carbonyl (C=O) groups is 1. The quantitative estimate of drug-likeness (QED) is 0.366. The second kappa shape index (κ2) is 6.99. The highest BCUT2D eigenvalue weighted by Gasteiger charge is 2.57. The van der Waals surface area contributed by atoms with E-state index < -0.39 is 25.6 Å². The van der Waals surface area contributed by atoms with Crippen molar-refractivity contribution < 1.29 is 27.2 Å². The summed E-state index contributed by atoms with van der Waals surface area (Å²) >= 11 is 0. The van der Waals surface area contributed by atoms with Crippen molar-refractivity contribution in [1.29, 1.82) is 0 Å². The van der Waals surface area contributed by atoms with Crippen LogP contribution in [-0.4, -0.2) is 25.2 Å². The Kier molecular flexibility index (Phi) is 6.75. The van der Waals surface area contributed by atoms with Gasteiger partial charge in [0, 0.05) is 6.42 Å². The molecule has 0 aliphatic carbocycles. The molecule has 7 heteroatoms. The van der Waals surface area contributed by atoms with Gasteiger partial charge in [0.15, 0.2) is 0 Å². The van der Waals surface area contributed by atoms with Gasteiger partial charge in [0.1, 0.15) is 6.29 Å². The third-order valence-electron chi connectivity index (χ3n) is 2.04. The fraction of sp³-hybridized carbons (Fsp3) is 0.700. The molecule has 100 valence electrons. The summed E-state index contributed by atoms with van der Waals surface area (Å²) in [7, 11) is -4.59. The molecule has 0 heterocycles. The summed E-state index contributed by atoms with van der Waals surface area (Å²) in [5.74, 6) is -1.57. The number of halogens is 2. The molecule has 0 saturated heterocycles. The number of alkyl halides is 2. The minimum atomic E-state index is -4.59. The van der Waals surface area contributed by atoms with E-state index in [0.29, 0.717) is 6.29 Å². The van der Waals surface area contributed by atoms with Crippen LogP contribution in [0.5, 0.6) is 0 Å². The molecule has 1 atom stereocenters. The zero-order valence-electron chi connectivity index (χ0n) is 9.90. The van der Waals surface area contributed by atoms with E-state index in [4.69, 9.17) is 0 Å². The highest BCUT2D eigenvalue weighted by atomic mass is 31.2. The van der Waals surface area contributed by atoms with Crippen molar-refractivity contribution in [1.82, 2.24) is 0 Å². The van der Waals surface area contributed by atoms with Crippen LogP contribution in [0.1, 0.15) is 20.3 Å². The number of allylic oxidation sites excluding steroid dienone is 1. The normalized spacial score (nSPS) is 14.4. The molecule has 0 bridgehead atoms. The molecule has 17 heavy (non-hydrogen) atoms. The first kappa shape index (κ1) is 16.4. The molecule has 0 aromatic heterocycles. The molecule has 1 unspecified atom stereocenters. The smallest absolute Gasteiger partial charge is 0.305 e. The Hall–Kier alpha value is -0.580. The van der Waals surface area contributed by atoms with Gasteiger partial charge in [-0.15, -0.1) is 6.58 Å². The molecule has 0 fully saturated rings. The number of hydrogen-bond acceptors (Lipinski definition) is 4. The number of rotatable bonds is 9. The first-order valence-electron chi connectivity index (χ1n) is 5.22. The zero-order chi connectivity index (χ0) is 13.5. The first-order valence-corrected chi connectivity index (χ1v) is 6.77. The summed E-state index contributed by atoms with van der Waals surface area (Å²) < 4.78 is 49.0. The highest BCUT2D eigenvalue weighted by Crippen LogP contribution is 2.65. The largest absolute Gasteiger partial charge is 0.400 e. The molecule has 0 radical (unpaired) electrons. The van der Waals surface area contributed by atoms with Crippen molar-refractivity contribution in [3.8, 4) is 0 Å². The van der Waals surface area contributed by atoms with Crippen molar-refractivity contribution in [2.75, 3.05) is 13.2 Å². The van der Waals surface area contributed by atoms with Crippen molar-refractivity contribution in [3.05, 3.63) is 12.7 Å². The molecule has 0 aromatic carbocycles. The molecule has 0 aliphatic heterocycles. The number of aldehydes is 1. The average molecular weight is 270 g/mol. The van der Waals surface area contributed by atoms with Gasteiger partial charge in [0.25, 0.3) is 0 Å². The van der Waals surface area contributed by atoms with Gasteiger partial charge in [-0.05, 0) is 13.8 Å². The van der Waals surface area contributed by atoms with E-state index in [0.717, 1.165) is 6.08 Å². The summed E-state index contributed by atoms with van der Waals surface area (Å²) in [6.07, 6.45) is 0.724. The zero-order valence-corrected chi connectivity index (χ0v) is 10.8. The molecule has 0 spiro atoms. The molecular weight excluding hydrogens is 253 g/mol. The van der Waals surface area contributed by atoms with Crippen LogP contribution in [0.4, 0.5) is 8.78 Å². The fourth-order valence-corrected chi connectivity index (χ4v) is 2.95. The first-order chi connectivity index (χ1) is 7.89. The van der Waals surface area contributed by atoms with Gasteiger partial charge in [-0.3, -0.25) is 4.57 Å². The Morgan fingerprint density at radius 1 is 1.35 bits per heavy atom. The van der Waals surface area contributed by atoms with Crippen LogP contribution in [0.25, 0.3) is 0 Å². The maximum atomic E-state index is 14.0. The molecule has 4 nitrogen and oxygen atoms in total. The Bertz CT molecular complexity index is 297. The SMILES string of the molecule is C=CC(CC=O)C(F)(F)P(=O)(OCC)OCC. The van der Waals surface area contributed by atoms with Gasteiger partial charge >= 0.3 is 13.3 Å². The average Bonchev–Trinajstić information content (AvgIpc) is 2.26. The van der Waals surface area contributed by atoms with Crippen LogP contribution < -0.4 is 0 Å². The molecule has 0 amide bonds. The van der Waals surface area contributed by atoms with E-state index in [2.05, 4.69) is 15.6 Å². The Morgan fingerprint density at radius 2 is 1.82 bits per heavy atom. The minimum Gasteiger partial charge on any atom is -0.305 e. The summed E-state index contributed by atoms with van der Waals surface area (Å²) in [5, 5.41) is 0. The van der Waals surface area contributed by atoms with Crippen LogP contribution in [0.2, 0.25) is 0 Å². The lowest BCUT2D eigenvalue weighted by molar-refractivity contribution is -0.110. The second-order valence-electron chi connectivity index (χ2n) is 3.17. The van der Waals surface area contributed by atoms with Crippen LogP contribution in [0.15, 0.2) is 12.7 Å². The van der Waals surface area contributed by atoms with Crippen molar-refractivity contribution >= 4 is 13.9 Å². The summed E-state index contributed by atoms with van der Waals surface area (Å²) in [4.78, 5) is 10.3. The van der Waals surface area contributed by atoms with E-state index in [1.165, 1.54) is 13.8 Å². The maximum Gasteiger partial charge on any atom is 0.400 e. The van der Waals surface area contributed by atoms with Crippen molar-refractivity contribution in [2.45, 2.75) is 25.9 Å². The summed E-state index contributed by atoms with van der Waals surface area (Å²) in [6.45, 7) is 5.74. The monoisotopic (exact) mass is 270 g/mol. The van der Waals surface area contributed by atoms with Gasteiger partial charge in [0.2, 0.25) is 0 Å². The second-order valence-corrected chi connectivity index (χ2v) is 5.27. The molecule has 0 aromatic rings. The fourth-order valence-electron chi connectivity index (χ4n) is 1.24. The van der Waals surface area contributed by atoms with Crippen LogP contribution in [-0.2, 0) is 18.4 Å². The number of hydrogen-bond donors (Lipinski definition) is 0. The topological polar surface area (TPSA) is 52.6 Å². The van der Waals surface area contributed by atoms with E-state index in [1.54, 1.807) is 0 Å². The Morgan fingerprint density at radius 3 is 2.12 bits per heavy atom. The van der Waals surface area contributed by atoms with Crippen LogP contribution in [0.3, 0.4) is 0 Å². The Balaban J connectivity index is 5.23. The van der Waals surface area contributed by atoms with Crippen molar-refractivity contribution in [3.63, 3.8) is 0 Å². The highest BCUT2D eigenvalue weighted by molar-refractivity contribution is 7.55. The van der Waals surface area contributed by atoms with E-state index >= 15 is 0 Å². The standard InChI is InChI=1S/C10H17F2O4P/c1-4-9(7-8-13)10(11,12)17(14,15-5-2)16-6-3/h4,8-9H,1,5-7H2,2-3H3. The van der Waals surface area contributed by atoms with Gasteiger partial charge in [-0.25, -0.2) is 0 Å². The molecule has 0 rings (SSSR count). The van der Waals surface area contributed by atoms with Gasteiger partial charge in [0.05, 0.1) is 19.1 Å². The summed E-state index contributed by atoms with van der Waals surface area (Å²) in [5.41, 5.74) is -3.76. The lowest BCUT2D eigenvalue weighted by Gasteiger charge is -2.29. The predicted molar refractivity (Wildman–Crippen MR) is 60.2 cm³/mol. The lowest BCUT2D eigenvalue weighted by atomic mass is 10.1. The van der Waals surface area contributed by atoms with Crippen LogP contribution in [0, 0.1) is 5.92 Å². The minimum absolute atomic E-state index is 0.169. The van der Waals surface area contributed by atoms with Crippen molar-refractivity contribution in [2.24, 2.45) is 5.92 Å². The lowest BCUT2D eigenvalue weighted by Crippen LogP contribution is -2.29. The van der Waals surface area contributed by atoms with Gasteiger partial charge in [-0.2, -0.15) is 8.78 Å². The number of carbonyl (C=O) groups excluding carboxylic acids is 1. The maximum absolute atomic E-state index is 14.0. The van der Waals surface area contributed by atoms with Crippen LogP contribution >= 0.6 is 7.60 Å². The molecule has 0 aliphatic rings. The molecule has 0 N–H and O–H groups in total. The third kappa shape index (κ3) is 3.69. The Labute approximate surface area is 99.5 Å². The van der Waals surface area contributed by atoms with Gasteiger partial charge in [-0.1, -0.05) is 6.08 Å². The molecule has 0 saturated carbocycles. The predicted octanol–water partition coefficient (Wildman–Crippen LogP) is 3.24. The third-order valence-corrected chi connectivity index (χ3v) is 4.30. The summed E-state index contributed by atoms with van der Waals surface area (Å²) in [6, 6.07) is 0. The van der Waals surface area contributed by atoms with E-state index in [1.807, 2.05) is 0 Å². The van der Waals surface area contributed by atoms with E-state index in [-0.39, 0.29) is 13.2 Å². The molecular formula is C10H17F2O4P.